The SMILES string of the molecule is CCCC(CCC)C(N)c1ccc2c(c1)COC2. The maximum atomic E-state index is 6.46. The molecule has 1 aromatic carbocycles. The summed E-state index contributed by atoms with van der Waals surface area (Å²) in [7, 11) is 0. The lowest BCUT2D eigenvalue weighted by molar-refractivity contribution is 0.134. The zero-order valence-corrected chi connectivity index (χ0v) is 11.6. The van der Waals surface area contributed by atoms with Crippen LogP contribution >= 0.6 is 0 Å². The van der Waals surface area contributed by atoms with E-state index in [4.69, 9.17) is 10.5 Å². The summed E-state index contributed by atoms with van der Waals surface area (Å²) in [6.07, 6.45) is 4.88. The van der Waals surface area contributed by atoms with Gasteiger partial charge in [-0.15, -0.1) is 0 Å². The van der Waals surface area contributed by atoms with E-state index in [1.54, 1.807) is 0 Å². The number of ether oxygens (including phenoxy) is 1. The van der Waals surface area contributed by atoms with Crippen molar-refractivity contribution in [1.29, 1.82) is 0 Å². The van der Waals surface area contributed by atoms with Crippen molar-refractivity contribution in [2.45, 2.75) is 58.8 Å². The van der Waals surface area contributed by atoms with Crippen molar-refractivity contribution in [1.82, 2.24) is 0 Å². The van der Waals surface area contributed by atoms with E-state index in [2.05, 4.69) is 32.0 Å². The van der Waals surface area contributed by atoms with E-state index in [9.17, 15) is 0 Å². The van der Waals surface area contributed by atoms with Crippen LogP contribution in [0.4, 0.5) is 0 Å². The molecule has 18 heavy (non-hydrogen) atoms. The molecule has 0 bridgehead atoms. The molecule has 2 nitrogen and oxygen atoms in total. The van der Waals surface area contributed by atoms with Crippen LogP contribution in [0, 0.1) is 5.92 Å². The van der Waals surface area contributed by atoms with E-state index in [-0.39, 0.29) is 6.04 Å². The van der Waals surface area contributed by atoms with Crippen LogP contribution in [-0.4, -0.2) is 0 Å². The van der Waals surface area contributed by atoms with Gasteiger partial charge >= 0.3 is 0 Å². The summed E-state index contributed by atoms with van der Waals surface area (Å²) in [5.41, 5.74) is 10.4. The minimum absolute atomic E-state index is 0.177. The van der Waals surface area contributed by atoms with Gasteiger partial charge in [0.05, 0.1) is 13.2 Å². The summed E-state index contributed by atoms with van der Waals surface area (Å²) in [4.78, 5) is 0. The maximum Gasteiger partial charge on any atom is 0.0725 e. The van der Waals surface area contributed by atoms with Crippen molar-refractivity contribution >= 4 is 0 Å². The molecule has 2 N–H and O–H groups in total. The van der Waals surface area contributed by atoms with Gasteiger partial charge in [0.15, 0.2) is 0 Å². The number of hydrogen-bond donors (Lipinski definition) is 1. The first-order chi connectivity index (χ1) is 8.76. The van der Waals surface area contributed by atoms with Gasteiger partial charge in [0.2, 0.25) is 0 Å². The molecule has 0 radical (unpaired) electrons. The summed E-state index contributed by atoms with van der Waals surface area (Å²) in [5, 5.41) is 0. The number of nitrogens with two attached hydrogens (primary N) is 1. The molecule has 0 saturated heterocycles. The fraction of sp³-hybridized carbons (Fsp3) is 0.625. The Labute approximate surface area is 111 Å². The van der Waals surface area contributed by atoms with Crippen LogP contribution in [0.25, 0.3) is 0 Å². The lowest BCUT2D eigenvalue weighted by atomic mass is 9.86. The molecule has 1 aliphatic rings. The van der Waals surface area contributed by atoms with Crippen LogP contribution in [0.2, 0.25) is 0 Å². The molecule has 1 unspecified atom stereocenters. The van der Waals surface area contributed by atoms with Crippen molar-refractivity contribution in [2.24, 2.45) is 11.7 Å². The lowest BCUT2D eigenvalue weighted by Gasteiger charge is -2.24. The maximum absolute atomic E-state index is 6.46. The van der Waals surface area contributed by atoms with Crippen molar-refractivity contribution < 1.29 is 4.74 Å². The van der Waals surface area contributed by atoms with Gasteiger partial charge in [0.25, 0.3) is 0 Å². The zero-order valence-electron chi connectivity index (χ0n) is 11.6. The minimum atomic E-state index is 0.177. The molecule has 1 heterocycles. The Bertz CT molecular complexity index is 383. The van der Waals surface area contributed by atoms with E-state index in [0.717, 1.165) is 13.2 Å². The molecule has 0 amide bonds. The number of rotatable bonds is 6. The third-order valence-electron chi connectivity index (χ3n) is 3.96. The smallest absolute Gasteiger partial charge is 0.0725 e. The zero-order chi connectivity index (χ0) is 13.0. The second-order valence-corrected chi connectivity index (χ2v) is 5.38. The van der Waals surface area contributed by atoms with E-state index < -0.39 is 0 Å². The molecule has 0 aromatic heterocycles. The van der Waals surface area contributed by atoms with Crippen molar-refractivity contribution in [2.75, 3.05) is 0 Å². The molecule has 0 aliphatic carbocycles. The summed E-state index contributed by atoms with van der Waals surface area (Å²) >= 11 is 0. The summed E-state index contributed by atoms with van der Waals surface area (Å²) in [6, 6.07) is 6.81. The first kappa shape index (κ1) is 13.6. The normalized spacial score (nSPS) is 16.0. The Morgan fingerprint density at radius 3 is 2.44 bits per heavy atom. The monoisotopic (exact) mass is 247 g/mol. The quantitative estimate of drug-likeness (QED) is 0.826. The van der Waals surface area contributed by atoms with E-state index in [1.165, 1.54) is 42.4 Å². The van der Waals surface area contributed by atoms with E-state index in [1.807, 2.05) is 0 Å². The first-order valence-corrected chi connectivity index (χ1v) is 7.21. The molecule has 0 spiro atoms. The molecular weight excluding hydrogens is 222 g/mol. The summed E-state index contributed by atoms with van der Waals surface area (Å²) < 4.78 is 5.46. The number of benzene rings is 1. The Hall–Kier alpha value is -0.860. The predicted molar refractivity (Wildman–Crippen MR) is 75.2 cm³/mol. The Balaban J connectivity index is 2.13. The van der Waals surface area contributed by atoms with Gasteiger partial charge in [-0.05, 0) is 35.4 Å². The third kappa shape index (κ3) is 2.93. The highest BCUT2D eigenvalue weighted by Crippen LogP contribution is 2.30. The highest BCUT2D eigenvalue weighted by Gasteiger charge is 2.20. The molecular formula is C16H25NO. The molecule has 0 fully saturated rings. The molecule has 100 valence electrons. The second kappa shape index (κ2) is 6.35. The summed E-state index contributed by atoms with van der Waals surface area (Å²) in [6.45, 7) is 6.00. The summed E-state index contributed by atoms with van der Waals surface area (Å²) in [5.74, 6) is 0.611. The Kier molecular flexibility index (Phi) is 4.79. The third-order valence-corrected chi connectivity index (χ3v) is 3.96. The average molecular weight is 247 g/mol. The van der Waals surface area contributed by atoms with Crippen LogP contribution in [0.1, 0.15) is 62.3 Å². The highest BCUT2D eigenvalue weighted by molar-refractivity contribution is 5.34. The van der Waals surface area contributed by atoms with Crippen LogP contribution in [0.5, 0.6) is 0 Å². The second-order valence-electron chi connectivity index (χ2n) is 5.38. The highest BCUT2D eigenvalue weighted by atomic mass is 16.5. The molecule has 1 atom stereocenters. The van der Waals surface area contributed by atoms with Gasteiger partial charge in [0.1, 0.15) is 0 Å². The lowest BCUT2D eigenvalue weighted by Crippen LogP contribution is -2.21. The van der Waals surface area contributed by atoms with Crippen molar-refractivity contribution in [3.05, 3.63) is 34.9 Å². The van der Waals surface area contributed by atoms with Crippen molar-refractivity contribution in [3.8, 4) is 0 Å². The molecule has 1 aromatic rings. The van der Waals surface area contributed by atoms with Crippen molar-refractivity contribution in [3.63, 3.8) is 0 Å². The van der Waals surface area contributed by atoms with Gasteiger partial charge in [-0.25, -0.2) is 0 Å². The number of fused-ring (bicyclic) bond motifs is 1. The van der Waals surface area contributed by atoms with Gasteiger partial charge < -0.3 is 10.5 Å². The van der Waals surface area contributed by atoms with E-state index >= 15 is 0 Å². The first-order valence-electron chi connectivity index (χ1n) is 7.21. The van der Waals surface area contributed by atoms with Crippen LogP contribution in [0.3, 0.4) is 0 Å². The minimum Gasteiger partial charge on any atom is -0.372 e. The molecule has 1 aliphatic heterocycles. The predicted octanol–water partition coefficient (Wildman–Crippen LogP) is 3.93. The molecule has 2 heteroatoms. The average Bonchev–Trinajstić information content (AvgIpc) is 2.84. The van der Waals surface area contributed by atoms with Crippen LogP contribution < -0.4 is 5.73 Å². The largest absolute Gasteiger partial charge is 0.372 e. The fourth-order valence-corrected chi connectivity index (χ4v) is 2.92. The van der Waals surface area contributed by atoms with Gasteiger partial charge in [-0.3, -0.25) is 0 Å². The van der Waals surface area contributed by atoms with E-state index in [0.29, 0.717) is 5.92 Å². The number of hydrogen-bond acceptors (Lipinski definition) is 2. The van der Waals surface area contributed by atoms with Gasteiger partial charge in [-0.2, -0.15) is 0 Å². The standard InChI is InChI=1S/C16H25NO/c1-3-5-12(6-4-2)16(17)13-7-8-14-10-18-11-15(14)9-13/h7-9,12,16H,3-6,10-11,17H2,1-2H3. The van der Waals surface area contributed by atoms with Crippen LogP contribution in [-0.2, 0) is 18.0 Å². The topological polar surface area (TPSA) is 35.2 Å². The molecule has 2 rings (SSSR count). The molecule has 0 saturated carbocycles. The Morgan fingerprint density at radius 2 is 1.78 bits per heavy atom. The van der Waals surface area contributed by atoms with Crippen LogP contribution in [0.15, 0.2) is 18.2 Å². The van der Waals surface area contributed by atoms with Gasteiger partial charge in [0, 0.05) is 6.04 Å². The Morgan fingerprint density at radius 1 is 1.11 bits per heavy atom. The van der Waals surface area contributed by atoms with Gasteiger partial charge in [-0.1, -0.05) is 44.9 Å². The fourth-order valence-electron chi connectivity index (χ4n) is 2.92.